The van der Waals surface area contributed by atoms with Crippen LogP contribution in [0.15, 0.2) is 109 Å². The molecule has 2 heterocycles. The maximum atomic E-state index is 14.5. The van der Waals surface area contributed by atoms with Crippen LogP contribution < -0.4 is 0 Å². The first-order valence-corrected chi connectivity index (χ1v) is 17.1. The van der Waals surface area contributed by atoms with Crippen LogP contribution in [0.25, 0.3) is 66.1 Å². The number of nitrogens with zero attached hydrogens (tertiary/aromatic N) is 3. The second kappa shape index (κ2) is 13.2. The molecule has 8 rings (SSSR count). The second-order valence-corrected chi connectivity index (χ2v) is 13.6. The molecule has 0 N–H and O–H groups in total. The molecule has 0 bridgehead atoms. The molecule has 0 radical (unpaired) electrons. The van der Waals surface area contributed by atoms with Crippen molar-refractivity contribution in [3.8, 4) is 28.6 Å². The van der Waals surface area contributed by atoms with Gasteiger partial charge in [0.1, 0.15) is 6.07 Å². The van der Waals surface area contributed by atoms with Gasteiger partial charge in [-0.15, -0.1) is 0 Å². The van der Waals surface area contributed by atoms with Crippen molar-refractivity contribution in [2.45, 2.75) is 30.9 Å². The molecule has 0 amide bonds. The molecule has 0 aliphatic heterocycles. The highest BCUT2D eigenvalue weighted by atomic mass is 19.4. The van der Waals surface area contributed by atoms with Crippen LogP contribution in [0, 0.1) is 11.3 Å². The van der Waals surface area contributed by atoms with Gasteiger partial charge in [0.15, 0.2) is 0 Å². The Morgan fingerprint density at radius 1 is 0.367 bits per heavy atom. The first kappa shape index (κ1) is 40.2. The predicted octanol–water partition coefficient (Wildman–Crippen LogP) is 14.5. The summed E-state index contributed by atoms with van der Waals surface area (Å²) in [7, 11) is 0. The first-order valence-electron chi connectivity index (χ1n) is 17.1. The largest absolute Gasteiger partial charge is 0.416 e. The number of nitriles is 1. The van der Waals surface area contributed by atoms with Gasteiger partial charge in [-0.2, -0.15) is 71.1 Å². The smallest absolute Gasteiger partial charge is 0.309 e. The number of hydrogen-bond acceptors (Lipinski definition) is 1. The quantitative estimate of drug-likeness (QED) is 0.163. The number of benzene rings is 6. The fraction of sp³-hybridized carbons (Fsp3) is 0.119. The third kappa shape index (κ3) is 6.61. The van der Waals surface area contributed by atoms with Crippen molar-refractivity contribution >= 4 is 43.6 Å². The molecule has 0 atom stereocenters. The van der Waals surface area contributed by atoms with E-state index in [9.17, 15) is 71.1 Å². The van der Waals surface area contributed by atoms with E-state index in [1.807, 2.05) is 6.07 Å². The monoisotopic (exact) mass is 849 g/mol. The van der Waals surface area contributed by atoms with Crippen LogP contribution in [0.1, 0.15) is 33.4 Å². The van der Waals surface area contributed by atoms with Gasteiger partial charge in [0.2, 0.25) is 0 Å². The van der Waals surface area contributed by atoms with Gasteiger partial charge in [0.05, 0.1) is 66.8 Å². The lowest BCUT2D eigenvalue weighted by Crippen LogP contribution is -2.09. The lowest BCUT2D eigenvalue weighted by molar-refractivity contribution is -0.138. The number of aromatic nitrogens is 2. The molecule has 306 valence electrons. The highest BCUT2D eigenvalue weighted by molar-refractivity contribution is 6.12. The van der Waals surface area contributed by atoms with E-state index in [1.165, 1.54) is 18.2 Å². The average Bonchev–Trinajstić information content (AvgIpc) is 3.66. The lowest BCUT2D eigenvalue weighted by Gasteiger charge is -2.21. The molecule has 0 saturated heterocycles. The van der Waals surface area contributed by atoms with E-state index >= 15 is 0 Å². The zero-order chi connectivity index (χ0) is 43.5. The topological polar surface area (TPSA) is 33.6 Å². The third-order valence-corrected chi connectivity index (χ3v) is 10.1. The molecular formula is C42H18F15N3. The van der Waals surface area contributed by atoms with Crippen LogP contribution in [0.3, 0.4) is 0 Å². The Labute approximate surface area is 325 Å². The van der Waals surface area contributed by atoms with Crippen LogP contribution in [0.2, 0.25) is 0 Å². The molecule has 0 aliphatic carbocycles. The number of fused-ring (bicyclic) bond motifs is 6. The number of rotatable bonds is 3. The summed E-state index contributed by atoms with van der Waals surface area (Å²) in [6.07, 6.45) is -25.0. The molecular weight excluding hydrogens is 831 g/mol. The summed E-state index contributed by atoms with van der Waals surface area (Å²) in [5.74, 6) is 0. The van der Waals surface area contributed by atoms with E-state index < -0.39 is 64.3 Å². The maximum Gasteiger partial charge on any atom is 0.416 e. The summed E-state index contributed by atoms with van der Waals surface area (Å²) >= 11 is 0. The zero-order valence-electron chi connectivity index (χ0n) is 29.4. The Bertz CT molecular complexity index is 2950. The minimum Gasteiger partial charge on any atom is -0.309 e. The molecule has 8 aromatic rings. The molecule has 3 nitrogen and oxygen atoms in total. The molecule has 0 unspecified atom stereocenters. The molecule has 6 aromatic carbocycles. The van der Waals surface area contributed by atoms with Gasteiger partial charge in [0, 0.05) is 32.7 Å². The summed E-state index contributed by atoms with van der Waals surface area (Å²) < 4.78 is 213. The normalized spacial score (nSPS) is 13.2. The standard InChI is InChI=1S/C42H18F15N3/c43-38(44,45)21-4-9-32(59-33-10-5-22(39(46,47)48)15-28(33)29-16-23(40(49,50)51)6-11-34(29)59)27(14-21)26-3-1-2-20(19-58)37(26)60-35-12-7-24(41(52,53)54)17-30(35)31-18-25(42(55,56)57)8-13-36(31)60/h1-18H. The van der Waals surface area contributed by atoms with E-state index in [1.54, 1.807) is 0 Å². The van der Waals surface area contributed by atoms with Crippen molar-refractivity contribution in [2.75, 3.05) is 0 Å². The van der Waals surface area contributed by atoms with E-state index in [0.29, 0.717) is 60.7 Å². The Balaban J connectivity index is 1.53. The van der Waals surface area contributed by atoms with Crippen LogP contribution in [0.4, 0.5) is 65.9 Å². The second-order valence-electron chi connectivity index (χ2n) is 13.6. The van der Waals surface area contributed by atoms with Gasteiger partial charge in [0.25, 0.3) is 0 Å². The Morgan fingerprint density at radius 3 is 1.05 bits per heavy atom. The summed E-state index contributed by atoms with van der Waals surface area (Å²) in [6.45, 7) is 0. The van der Waals surface area contributed by atoms with Crippen molar-refractivity contribution in [2.24, 2.45) is 0 Å². The van der Waals surface area contributed by atoms with Crippen molar-refractivity contribution in [3.63, 3.8) is 0 Å². The van der Waals surface area contributed by atoms with Gasteiger partial charge in [-0.1, -0.05) is 12.1 Å². The van der Waals surface area contributed by atoms with E-state index in [0.717, 1.165) is 39.5 Å². The van der Waals surface area contributed by atoms with Crippen LogP contribution in [-0.2, 0) is 30.9 Å². The molecule has 0 fully saturated rings. The average molecular weight is 850 g/mol. The third-order valence-electron chi connectivity index (χ3n) is 10.1. The molecule has 0 spiro atoms. The van der Waals surface area contributed by atoms with Gasteiger partial charge in [-0.05, 0) is 97.1 Å². The number of alkyl halides is 15. The van der Waals surface area contributed by atoms with Crippen LogP contribution in [0.5, 0.6) is 0 Å². The zero-order valence-corrected chi connectivity index (χ0v) is 29.4. The fourth-order valence-electron chi connectivity index (χ4n) is 7.47. The van der Waals surface area contributed by atoms with Crippen LogP contribution >= 0.6 is 0 Å². The summed E-state index contributed by atoms with van der Waals surface area (Å²) in [4.78, 5) is 0. The lowest BCUT2D eigenvalue weighted by atomic mass is 9.96. The van der Waals surface area contributed by atoms with Crippen molar-refractivity contribution in [1.29, 1.82) is 5.26 Å². The Hall–Kier alpha value is -6.64. The van der Waals surface area contributed by atoms with Gasteiger partial charge in [-0.25, -0.2) is 0 Å². The summed E-state index contributed by atoms with van der Waals surface area (Å²) in [5.41, 5.74) is -8.72. The van der Waals surface area contributed by atoms with Gasteiger partial charge >= 0.3 is 30.9 Å². The fourth-order valence-corrected chi connectivity index (χ4v) is 7.47. The van der Waals surface area contributed by atoms with Crippen molar-refractivity contribution < 1.29 is 65.9 Å². The molecule has 60 heavy (non-hydrogen) atoms. The Kier molecular flexibility index (Phi) is 8.82. The minimum atomic E-state index is -5.07. The summed E-state index contributed by atoms with van der Waals surface area (Å²) in [5, 5.41) is 8.91. The predicted molar refractivity (Wildman–Crippen MR) is 190 cm³/mol. The Morgan fingerprint density at radius 2 is 0.700 bits per heavy atom. The first-order chi connectivity index (χ1) is 27.9. The van der Waals surface area contributed by atoms with E-state index in [2.05, 4.69) is 0 Å². The molecule has 0 saturated carbocycles. The number of para-hydroxylation sites is 1. The summed E-state index contributed by atoms with van der Waals surface area (Å²) in [6, 6.07) is 16.1. The van der Waals surface area contributed by atoms with Crippen molar-refractivity contribution in [1.82, 2.24) is 9.13 Å². The van der Waals surface area contributed by atoms with Crippen molar-refractivity contribution in [3.05, 3.63) is 143 Å². The van der Waals surface area contributed by atoms with E-state index in [4.69, 9.17) is 0 Å². The molecule has 18 heteroatoms. The molecule has 0 aliphatic rings. The maximum absolute atomic E-state index is 14.5. The highest BCUT2D eigenvalue weighted by Crippen LogP contribution is 2.47. The van der Waals surface area contributed by atoms with Gasteiger partial charge in [-0.3, -0.25) is 0 Å². The highest BCUT2D eigenvalue weighted by Gasteiger charge is 2.37. The SMILES string of the molecule is N#Cc1cccc(-c2cc(C(F)(F)F)ccc2-n2c3ccc(C(F)(F)F)cc3c3cc(C(F)(F)F)ccc32)c1-n1c2ccc(C(F)(F)F)cc2c2cc(C(F)(F)F)ccc21. The minimum absolute atomic E-state index is 0.187. The van der Waals surface area contributed by atoms with Crippen LogP contribution in [-0.4, -0.2) is 9.13 Å². The number of halogens is 15. The molecule has 2 aromatic heterocycles. The number of hydrogen-bond donors (Lipinski definition) is 0. The van der Waals surface area contributed by atoms with Gasteiger partial charge < -0.3 is 9.13 Å². The van der Waals surface area contributed by atoms with E-state index in [-0.39, 0.29) is 66.1 Å².